The summed E-state index contributed by atoms with van der Waals surface area (Å²) in [6.45, 7) is 13.5. The summed E-state index contributed by atoms with van der Waals surface area (Å²) in [5.41, 5.74) is 2.07. The molecule has 0 radical (unpaired) electrons. The Hall–Kier alpha value is -1.71. The summed E-state index contributed by atoms with van der Waals surface area (Å²) in [4.78, 5) is 11.4. The van der Waals surface area contributed by atoms with Crippen LogP contribution in [0.4, 0.5) is 0 Å². The lowest BCUT2D eigenvalue weighted by atomic mass is 9.77. The van der Waals surface area contributed by atoms with Gasteiger partial charge in [0, 0.05) is 17.5 Å². The second-order valence-corrected chi connectivity index (χ2v) is 8.05. The summed E-state index contributed by atoms with van der Waals surface area (Å²) in [5.74, 6) is 1.62. The molecule has 1 aromatic carbocycles. The molecule has 0 amide bonds. The van der Waals surface area contributed by atoms with Crippen molar-refractivity contribution in [1.82, 2.24) is 0 Å². The number of methoxy groups -OCH3 is 2. The highest BCUT2D eigenvalue weighted by Crippen LogP contribution is 2.43. The van der Waals surface area contributed by atoms with Gasteiger partial charge < -0.3 is 14.2 Å². The van der Waals surface area contributed by atoms with Crippen LogP contribution in [0.2, 0.25) is 0 Å². The van der Waals surface area contributed by atoms with Crippen molar-refractivity contribution in [2.75, 3.05) is 20.8 Å². The van der Waals surface area contributed by atoms with E-state index in [1.807, 2.05) is 6.92 Å². The number of hydrogen-bond donors (Lipinski definition) is 0. The van der Waals surface area contributed by atoms with Crippen LogP contribution in [0.3, 0.4) is 0 Å². The summed E-state index contributed by atoms with van der Waals surface area (Å²) < 4.78 is 16.4. The van der Waals surface area contributed by atoms with E-state index in [2.05, 4.69) is 46.8 Å². The van der Waals surface area contributed by atoms with Gasteiger partial charge in [-0.25, -0.2) is 0 Å². The van der Waals surface area contributed by atoms with Gasteiger partial charge >= 0.3 is 5.97 Å². The first kappa shape index (κ1) is 21.3. The molecule has 0 unspecified atom stereocenters. The van der Waals surface area contributed by atoms with E-state index in [1.165, 1.54) is 7.11 Å². The van der Waals surface area contributed by atoms with Gasteiger partial charge in [-0.3, -0.25) is 4.79 Å². The van der Waals surface area contributed by atoms with Gasteiger partial charge in [-0.05, 0) is 42.7 Å². The number of carbonyl (C=O) groups excluding carboxylic acids is 1. The largest absolute Gasteiger partial charge is 0.496 e. The average molecular weight is 350 g/mol. The minimum Gasteiger partial charge on any atom is -0.496 e. The molecule has 0 aromatic heterocycles. The summed E-state index contributed by atoms with van der Waals surface area (Å²) in [6, 6.07) is 4.21. The summed E-state index contributed by atoms with van der Waals surface area (Å²) >= 11 is 0. The quantitative estimate of drug-likeness (QED) is 0.618. The Bertz CT molecular complexity index is 582. The highest BCUT2D eigenvalue weighted by molar-refractivity contribution is 5.69. The van der Waals surface area contributed by atoms with Crippen LogP contribution in [0, 0.1) is 0 Å². The molecule has 142 valence electrons. The SMILES string of the molecule is CCOc1cc(C(C)(C)C)c(OC)cc1C(C)(C)CCCC(=O)OC. The Kier molecular flexibility index (Phi) is 7.33. The number of rotatable bonds is 8. The summed E-state index contributed by atoms with van der Waals surface area (Å²) in [7, 11) is 3.13. The number of ether oxygens (including phenoxy) is 3. The summed E-state index contributed by atoms with van der Waals surface area (Å²) in [6.07, 6.45) is 2.07. The third-order valence-corrected chi connectivity index (χ3v) is 4.55. The maximum absolute atomic E-state index is 11.4. The maximum Gasteiger partial charge on any atom is 0.305 e. The van der Waals surface area contributed by atoms with Gasteiger partial charge in [0.25, 0.3) is 0 Å². The zero-order valence-corrected chi connectivity index (χ0v) is 17.1. The highest BCUT2D eigenvalue weighted by Gasteiger charge is 2.29. The van der Waals surface area contributed by atoms with Gasteiger partial charge in [0.2, 0.25) is 0 Å². The Morgan fingerprint density at radius 2 is 1.60 bits per heavy atom. The van der Waals surface area contributed by atoms with E-state index >= 15 is 0 Å². The van der Waals surface area contributed by atoms with Crippen LogP contribution in [0.5, 0.6) is 11.5 Å². The van der Waals surface area contributed by atoms with Crippen LogP contribution < -0.4 is 9.47 Å². The maximum atomic E-state index is 11.4. The Balaban J connectivity index is 3.24. The molecule has 1 aromatic rings. The van der Waals surface area contributed by atoms with Crippen LogP contribution in [-0.4, -0.2) is 26.8 Å². The first-order valence-electron chi connectivity index (χ1n) is 8.99. The molecule has 0 atom stereocenters. The Labute approximate surface area is 152 Å². The van der Waals surface area contributed by atoms with Crippen molar-refractivity contribution in [3.8, 4) is 11.5 Å². The standard InChI is InChI=1S/C21H34O4/c1-9-25-18-13-15(20(2,3)4)17(23-7)14-16(18)21(5,6)12-10-11-19(22)24-8/h13-14H,9-12H2,1-8H3. The van der Waals surface area contributed by atoms with E-state index in [9.17, 15) is 4.79 Å². The van der Waals surface area contributed by atoms with E-state index < -0.39 is 0 Å². The fraction of sp³-hybridized carbons (Fsp3) is 0.667. The molecule has 4 nitrogen and oxygen atoms in total. The molecule has 25 heavy (non-hydrogen) atoms. The molecule has 0 aliphatic heterocycles. The van der Waals surface area contributed by atoms with Crippen LogP contribution in [0.15, 0.2) is 12.1 Å². The molecular formula is C21H34O4. The molecular weight excluding hydrogens is 316 g/mol. The topological polar surface area (TPSA) is 44.8 Å². The zero-order valence-electron chi connectivity index (χ0n) is 17.1. The van der Waals surface area contributed by atoms with Gasteiger partial charge in [0.15, 0.2) is 0 Å². The molecule has 0 bridgehead atoms. The van der Waals surface area contributed by atoms with E-state index in [4.69, 9.17) is 14.2 Å². The second-order valence-electron chi connectivity index (χ2n) is 8.05. The fourth-order valence-electron chi connectivity index (χ4n) is 3.03. The van der Waals surface area contributed by atoms with Crippen molar-refractivity contribution in [3.05, 3.63) is 23.3 Å². The van der Waals surface area contributed by atoms with Crippen molar-refractivity contribution >= 4 is 5.97 Å². The predicted octanol–water partition coefficient (Wildman–Crippen LogP) is 5.01. The van der Waals surface area contributed by atoms with Crippen LogP contribution >= 0.6 is 0 Å². The molecule has 4 heteroatoms. The molecule has 1 rings (SSSR count). The van der Waals surface area contributed by atoms with Gasteiger partial charge in [-0.2, -0.15) is 0 Å². The Morgan fingerprint density at radius 3 is 2.08 bits per heavy atom. The van der Waals surface area contributed by atoms with Gasteiger partial charge in [0.1, 0.15) is 11.5 Å². The first-order valence-corrected chi connectivity index (χ1v) is 8.99. The first-order chi connectivity index (χ1) is 11.6. The van der Waals surface area contributed by atoms with Gasteiger partial charge in [-0.1, -0.05) is 34.6 Å². The number of carbonyl (C=O) groups is 1. The van der Waals surface area contributed by atoms with Crippen LogP contribution in [-0.2, 0) is 20.4 Å². The molecule has 0 N–H and O–H groups in total. The fourth-order valence-corrected chi connectivity index (χ4v) is 3.03. The van der Waals surface area contributed by atoms with Crippen LogP contribution in [0.1, 0.15) is 71.9 Å². The van der Waals surface area contributed by atoms with Crippen LogP contribution in [0.25, 0.3) is 0 Å². The van der Waals surface area contributed by atoms with Crippen molar-refractivity contribution < 1.29 is 19.0 Å². The molecule has 0 saturated heterocycles. The molecule has 0 saturated carbocycles. The monoisotopic (exact) mass is 350 g/mol. The molecule has 0 heterocycles. The lowest BCUT2D eigenvalue weighted by molar-refractivity contribution is -0.140. The second kappa shape index (κ2) is 8.59. The lowest BCUT2D eigenvalue weighted by Gasteiger charge is -2.31. The van der Waals surface area contributed by atoms with Gasteiger partial charge in [0.05, 0.1) is 20.8 Å². The molecule has 0 aliphatic carbocycles. The molecule has 0 fully saturated rings. The molecule has 0 spiro atoms. The Morgan fingerprint density at radius 1 is 1.00 bits per heavy atom. The van der Waals surface area contributed by atoms with E-state index in [-0.39, 0.29) is 16.8 Å². The minimum atomic E-state index is -0.165. The van der Waals surface area contributed by atoms with E-state index in [1.54, 1.807) is 7.11 Å². The van der Waals surface area contributed by atoms with E-state index in [0.29, 0.717) is 13.0 Å². The predicted molar refractivity (Wildman–Crippen MR) is 102 cm³/mol. The third kappa shape index (κ3) is 5.65. The number of hydrogen-bond acceptors (Lipinski definition) is 4. The van der Waals surface area contributed by atoms with Crippen molar-refractivity contribution in [1.29, 1.82) is 0 Å². The normalized spacial score (nSPS) is 12.0. The number of benzene rings is 1. The third-order valence-electron chi connectivity index (χ3n) is 4.55. The van der Waals surface area contributed by atoms with E-state index in [0.717, 1.165) is 35.5 Å². The van der Waals surface area contributed by atoms with Gasteiger partial charge in [-0.15, -0.1) is 0 Å². The van der Waals surface area contributed by atoms with Crippen molar-refractivity contribution in [3.63, 3.8) is 0 Å². The zero-order chi connectivity index (χ0) is 19.3. The molecule has 0 aliphatic rings. The number of esters is 1. The average Bonchev–Trinajstić information content (AvgIpc) is 2.53. The smallest absolute Gasteiger partial charge is 0.305 e. The lowest BCUT2D eigenvalue weighted by Crippen LogP contribution is -2.21. The van der Waals surface area contributed by atoms with Crippen molar-refractivity contribution in [2.24, 2.45) is 0 Å². The highest BCUT2D eigenvalue weighted by atomic mass is 16.5. The summed E-state index contributed by atoms with van der Waals surface area (Å²) in [5, 5.41) is 0. The minimum absolute atomic E-state index is 0.0370. The van der Waals surface area contributed by atoms with Crippen molar-refractivity contribution in [2.45, 2.75) is 71.6 Å².